The highest BCUT2D eigenvalue weighted by Gasteiger charge is 2.43. The van der Waals surface area contributed by atoms with E-state index in [0.717, 1.165) is 6.42 Å². The van der Waals surface area contributed by atoms with Crippen LogP contribution in [0.3, 0.4) is 0 Å². The van der Waals surface area contributed by atoms with Gasteiger partial charge in [0, 0.05) is 6.54 Å². The Hall–Kier alpha value is -0.800. The van der Waals surface area contributed by atoms with Crippen molar-refractivity contribution in [2.45, 2.75) is 72.1 Å². The molecule has 1 amide bonds. The lowest BCUT2D eigenvalue weighted by Crippen LogP contribution is -2.46. The van der Waals surface area contributed by atoms with E-state index in [2.05, 4.69) is 19.2 Å². The number of carbonyl (C=O) groups is 1. The van der Waals surface area contributed by atoms with Crippen molar-refractivity contribution in [3.8, 4) is 0 Å². The number of halogens is 1. The Labute approximate surface area is 116 Å². The van der Waals surface area contributed by atoms with Gasteiger partial charge in [0.15, 0.2) is 0 Å². The van der Waals surface area contributed by atoms with Crippen LogP contribution in [0.1, 0.15) is 60.8 Å². The van der Waals surface area contributed by atoms with E-state index in [9.17, 15) is 9.18 Å². The molecule has 0 saturated heterocycles. The lowest BCUT2D eigenvalue weighted by atomic mass is 9.64. The standard InChI is InChI=1S/C15H28FNO2/c1-11-9-15(6,16)8-7-14(11,5)10-17-12(18)19-13(2,3)4/h11H,7-10H2,1-6H3,(H,17,18). The fraction of sp³-hybridized carbons (Fsp3) is 0.933. The smallest absolute Gasteiger partial charge is 0.407 e. The van der Waals surface area contributed by atoms with Gasteiger partial charge >= 0.3 is 6.09 Å². The summed E-state index contributed by atoms with van der Waals surface area (Å²) in [6.45, 7) is 11.9. The highest BCUT2D eigenvalue weighted by Crippen LogP contribution is 2.46. The van der Waals surface area contributed by atoms with Crippen molar-refractivity contribution in [2.75, 3.05) is 6.54 Å². The maximum Gasteiger partial charge on any atom is 0.407 e. The predicted octanol–water partition coefficient (Wildman–Crippen LogP) is 4.07. The minimum atomic E-state index is -1.06. The van der Waals surface area contributed by atoms with Gasteiger partial charge in [0.05, 0.1) is 0 Å². The molecule has 0 bridgehead atoms. The van der Waals surface area contributed by atoms with Crippen LogP contribution in [0.2, 0.25) is 0 Å². The van der Waals surface area contributed by atoms with Crippen LogP contribution in [-0.2, 0) is 4.74 Å². The molecule has 3 nitrogen and oxygen atoms in total. The molecule has 112 valence electrons. The molecule has 3 unspecified atom stereocenters. The van der Waals surface area contributed by atoms with Crippen LogP contribution in [0.15, 0.2) is 0 Å². The first-order valence-electron chi connectivity index (χ1n) is 7.09. The van der Waals surface area contributed by atoms with Gasteiger partial charge in [0.25, 0.3) is 0 Å². The van der Waals surface area contributed by atoms with Gasteiger partial charge in [-0.2, -0.15) is 0 Å². The van der Waals surface area contributed by atoms with Gasteiger partial charge in [-0.05, 0) is 58.3 Å². The van der Waals surface area contributed by atoms with E-state index < -0.39 is 17.4 Å². The second-order valence-electron chi connectivity index (χ2n) is 7.53. The zero-order valence-electron chi connectivity index (χ0n) is 13.1. The number of nitrogens with one attached hydrogen (secondary N) is 1. The van der Waals surface area contributed by atoms with E-state index >= 15 is 0 Å². The number of alkyl halides is 1. The Kier molecular flexibility index (Phi) is 4.53. The molecule has 1 N–H and O–H groups in total. The van der Waals surface area contributed by atoms with E-state index in [-0.39, 0.29) is 11.3 Å². The van der Waals surface area contributed by atoms with Gasteiger partial charge in [0.2, 0.25) is 0 Å². The van der Waals surface area contributed by atoms with Crippen LogP contribution >= 0.6 is 0 Å². The van der Waals surface area contributed by atoms with Gasteiger partial charge in [0.1, 0.15) is 11.3 Å². The summed E-state index contributed by atoms with van der Waals surface area (Å²) in [5.74, 6) is 0.242. The van der Waals surface area contributed by atoms with Crippen molar-refractivity contribution in [3.63, 3.8) is 0 Å². The molecular formula is C15H28FNO2. The fourth-order valence-corrected chi connectivity index (χ4v) is 2.63. The van der Waals surface area contributed by atoms with Gasteiger partial charge in [-0.1, -0.05) is 13.8 Å². The van der Waals surface area contributed by atoms with Crippen molar-refractivity contribution in [3.05, 3.63) is 0 Å². The number of hydrogen-bond acceptors (Lipinski definition) is 2. The number of hydrogen-bond donors (Lipinski definition) is 1. The van der Waals surface area contributed by atoms with Crippen molar-refractivity contribution >= 4 is 6.09 Å². The molecule has 0 spiro atoms. The molecule has 0 aromatic heterocycles. The molecule has 0 heterocycles. The van der Waals surface area contributed by atoms with Crippen LogP contribution < -0.4 is 5.32 Å². The number of rotatable bonds is 2. The number of alkyl carbamates (subject to hydrolysis) is 1. The van der Waals surface area contributed by atoms with Gasteiger partial charge in [-0.3, -0.25) is 0 Å². The number of ether oxygens (including phenoxy) is 1. The number of carbonyl (C=O) groups excluding carboxylic acids is 1. The SMILES string of the molecule is CC1CC(C)(F)CCC1(C)CNC(=O)OC(C)(C)C. The van der Waals surface area contributed by atoms with E-state index in [1.54, 1.807) is 6.92 Å². The molecule has 4 heteroatoms. The minimum absolute atomic E-state index is 0.0531. The molecule has 0 aliphatic heterocycles. The summed E-state index contributed by atoms with van der Waals surface area (Å²) in [5.41, 5.74) is -1.60. The Balaban J connectivity index is 2.50. The molecule has 1 fully saturated rings. The second-order valence-corrected chi connectivity index (χ2v) is 7.53. The zero-order valence-corrected chi connectivity index (χ0v) is 13.1. The van der Waals surface area contributed by atoms with Crippen LogP contribution in [0.25, 0.3) is 0 Å². The average molecular weight is 273 g/mol. The summed E-state index contributed by atoms with van der Waals surface area (Å²) >= 11 is 0. The first-order chi connectivity index (χ1) is 8.44. The van der Waals surface area contributed by atoms with Crippen molar-refractivity contribution in [1.82, 2.24) is 5.32 Å². The Morgan fingerprint density at radius 3 is 2.42 bits per heavy atom. The predicted molar refractivity (Wildman–Crippen MR) is 74.9 cm³/mol. The molecule has 0 radical (unpaired) electrons. The van der Waals surface area contributed by atoms with E-state index in [1.165, 1.54) is 0 Å². The van der Waals surface area contributed by atoms with Gasteiger partial charge in [-0.15, -0.1) is 0 Å². The van der Waals surface area contributed by atoms with Gasteiger partial charge < -0.3 is 10.1 Å². The molecule has 1 aliphatic rings. The van der Waals surface area contributed by atoms with E-state index in [1.807, 2.05) is 20.8 Å². The first-order valence-corrected chi connectivity index (χ1v) is 7.09. The Morgan fingerprint density at radius 2 is 1.95 bits per heavy atom. The lowest BCUT2D eigenvalue weighted by molar-refractivity contribution is 0.00937. The lowest BCUT2D eigenvalue weighted by Gasteiger charge is -2.44. The Bertz CT molecular complexity index is 336. The second kappa shape index (κ2) is 5.29. The fourth-order valence-electron chi connectivity index (χ4n) is 2.63. The van der Waals surface area contributed by atoms with Gasteiger partial charge in [-0.25, -0.2) is 9.18 Å². The summed E-state index contributed by atoms with van der Waals surface area (Å²) in [7, 11) is 0. The summed E-state index contributed by atoms with van der Waals surface area (Å²) < 4.78 is 19.2. The van der Waals surface area contributed by atoms with E-state index in [0.29, 0.717) is 19.4 Å². The minimum Gasteiger partial charge on any atom is -0.444 e. The van der Waals surface area contributed by atoms with E-state index in [4.69, 9.17) is 4.74 Å². The molecule has 0 aromatic carbocycles. The summed E-state index contributed by atoms with van der Waals surface area (Å²) in [5, 5.41) is 2.82. The van der Waals surface area contributed by atoms with Crippen LogP contribution in [0.5, 0.6) is 0 Å². The first kappa shape index (κ1) is 16.3. The third-order valence-corrected chi connectivity index (χ3v) is 4.17. The quantitative estimate of drug-likeness (QED) is 0.823. The molecule has 1 rings (SSSR count). The van der Waals surface area contributed by atoms with Crippen LogP contribution in [0.4, 0.5) is 9.18 Å². The highest BCUT2D eigenvalue weighted by molar-refractivity contribution is 5.67. The number of amides is 1. The van der Waals surface area contributed by atoms with Crippen molar-refractivity contribution in [2.24, 2.45) is 11.3 Å². The van der Waals surface area contributed by atoms with Crippen LogP contribution in [-0.4, -0.2) is 23.9 Å². The molecule has 3 atom stereocenters. The monoisotopic (exact) mass is 273 g/mol. The molecule has 19 heavy (non-hydrogen) atoms. The molecule has 1 aliphatic carbocycles. The maximum absolute atomic E-state index is 14.0. The molecular weight excluding hydrogens is 245 g/mol. The normalized spacial score (nSPS) is 35.8. The zero-order chi connectivity index (χ0) is 14.9. The van der Waals surface area contributed by atoms with Crippen LogP contribution in [0, 0.1) is 11.3 Å². The highest BCUT2D eigenvalue weighted by atomic mass is 19.1. The summed E-state index contributed by atoms with van der Waals surface area (Å²) in [6, 6.07) is 0. The largest absolute Gasteiger partial charge is 0.444 e. The topological polar surface area (TPSA) is 38.3 Å². The molecule has 1 saturated carbocycles. The molecule has 0 aromatic rings. The van der Waals surface area contributed by atoms with Crippen molar-refractivity contribution in [1.29, 1.82) is 0 Å². The van der Waals surface area contributed by atoms with Crippen molar-refractivity contribution < 1.29 is 13.9 Å². The summed E-state index contributed by atoms with van der Waals surface area (Å²) in [6.07, 6.45) is 1.51. The third kappa shape index (κ3) is 5.00. The summed E-state index contributed by atoms with van der Waals surface area (Å²) in [4.78, 5) is 11.7. The maximum atomic E-state index is 14.0. The Morgan fingerprint density at radius 1 is 1.37 bits per heavy atom. The third-order valence-electron chi connectivity index (χ3n) is 4.17. The average Bonchev–Trinajstić information content (AvgIpc) is 2.19.